The molecule has 4 rings (SSSR count). The summed E-state index contributed by atoms with van der Waals surface area (Å²) in [6, 6.07) is 11.9. The number of aliphatic hydroxyl groups excluding tert-OH is 2. The summed E-state index contributed by atoms with van der Waals surface area (Å²) < 4.78 is 28.0. The first-order chi connectivity index (χ1) is 15.6. The molecular formula is C23H25Cl2F2IN4O2. The summed E-state index contributed by atoms with van der Waals surface area (Å²) in [5.41, 5.74) is 1.73. The second-order valence-corrected chi connectivity index (χ2v) is 8.67. The number of H-pyrrole nitrogens is 1. The van der Waals surface area contributed by atoms with Gasteiger partial charge in [-0.05, 0) is 90.5 Å². The van der Waals surface area contributed by atoms with Crippen molar-refractivity contribution < 1.29 is 19.0 Å². The van der Waals surface area contributed by atoms with Crippen molar-refractivity contribution in [2.24, 2.45) is 0 Å². The highest BCUT2D eigenvalue weighted by Gasteiger charge is 2.11. The van der Waals surface area contributed by atoms with Gasteiger partial charge in [-0.1, -0.05) is 30.6 Å². The molecule has 0 fully saturated rings. The molecule has 0 spiro atoms. The maximum atomic E-state index is 13.1. The van der Waals surface area contributed by atoms with Crippen LogP contribution in [0.5, 0.6) is 0 Å². The van der Waals surface area contributed by atoms with Crippen LogP contribution >= 0.6 is 45.8 Å². The molecule has 4 aromatic rings. The van der Waals surface area contributed by atoms with Crippen LogP contribution in [0.3, 0.4) is 0 Å². The van der Waals surface area contributed by atoms with Gasteiger partial charge in [0, 0.05) is 15.3 Å². The Bertz CT molecular complexity index is 1160. The first-order valence-corrected chi connectivity index (χ1v) is 11.4. The number of nitrogens with one attached hydrogen (secondary N) is 1. The molecule has 2 aromatic carbocycles. The standard InChI is InChI=1S/C11H10ClFN2O.C8H8FIO.C3H3ClN2.CH4/c1-7(16)9-6-8(13)2-3-10(9)15-5-4-11(12)14-15;1-5(11)7-4-6(9)2-3-8(7)10;4-3-1-2-5-6-3;/h2-7,16H,1H3;2-5,11H,1H3;1-2H,(H,5,6);1H4/t7-;5-;;/m11../s1. The van der Waals surface area contributed by atoms with E-state index >= 15 is 0 Å². The van der Waals surface area contributed by atoms with E-state index < -0.39 is 18.0 Å². The number of aromatic amines is 1. The van der Waals surface area contributed by atoms with Gasteiger partial charge in [0.2, 0.25) is 0 Å². The van der Waals surface area contributed by atoms with Gasteiger partial charge in [-0.15, -0.1) is 0 Å². The Morgan fingerprint density at radius 1 is 0.941 bits per heavy atom. The first kappa shape index (κ1) is 30.0. The van der Waals surface area contributed by atoms with Gasteiger partial charge in [0.05, 0.1) is 24.1 Å². The largest absolute Gasteiger partial charge is 0.389 e. The monoisotopic (exact) mass is 624 g/mol. The smallest absolute Gasteiger partial charge is 0.151 e. The Balaban J connectivity index is 0.000000278. The van der Waals surface area contributed by atoms with Gasteiger partial charge in [0.1, 0.15) is 16.8 Å². The van der Waals surface area contributed by atoms with Crippen molar-refractivity contribution in [3.63, 3.8) is 0 Å². The van der Waals surface area contributed by atoms with Crippen LogP contribution in [-0.4, -0.2) is 30.2 Å². The van der Waals surface area contributed by atoms with E-state index in [0.29, 0.717) is 27.1 Å². The molecule has 0 radical (unpaired) electrons. The third kappa shape index (κ3) is 9.30. The maximum absolute atomic E-state index is 13.1. The average Bonchev–Trinajstić information content (AvgIpc) is 3.41. The molecule has 0 amide bonds. The van der Waals surface area contributed by atoms with Gasteiger partial charge in [0.25, 0.3) is 0 Å². The second-order valence-electron chi connectivity index (χ2n) is 6.71. The Labute approximate surface area is 220 Å². The number of aliphatic hydroxyl groups is 2. The molecule has 34 heavy (non-hydrogen) atoms. The summed E-state index contributed by atoms with van der Waals surface area (Å²) in [7, 11) is 0. The summed E-state index contributed by atoms with van der Waals surface area (Å²) in [6.07, 6.45) is 1.88. The number of aromatic nitrogens is 4. The van der Waals surface area contributed by atoms with Crippen LogP contribution in [0, 0.1) is 15.2 Å². The fraction of sp³-hybridized carbons (Fsp3) is 0.217. The van der Waals surface area contributed by atoms with Crippen LogP contribution in [0.2, 0.25) is 10.3 Å². The van der Waals surface area contributed by atoms with E-state index in [1.54, 1.807) is 50.5 Å². The van der Waals surface area contributed by atoms with Crippen molar-refractivity contribution in [2.75, 3.05) is 0 Å². The van der Waals surface area contributed by atoms with Gasteiger partial charge in [0.15, 0.2) is 5.15 Å². The lowest BCUT2D eigenvalue weighted by Gasteiger charge is -2.11. The summed E-state index contributed by atoms with van der Waals surface area (Å²) in [5, 5.41) is 29.7. The lowest BCUT2D eigenvalue weighted by molar-refractivity contribution is 0.197. The number of benzene rings is 2. The molecule has 2 heterocycles. The van der Waals surface area contributed by atoms with Crippen LogP contribution in [0.25, 0.3) is 5.69 Å². The number of hydrogen-bond donors (Lipinski definition) is 3. The first-order valence-electron chi connectivity index (χ1n) is 9.55. The normalized spacial score (nSPS) is 11.8. The predicted octanol–water partition coefficient (Wildman–Crippen LogP) is 6.90. The fourth-order valence-electron chi connectivity index (χ4n) is 2.58. The maximum Gasteiger partial charge on any atom is 0.151 e. The van der Waals surface area contributed by atoms with E-state index in [2.05, 4.69) is 37.9 Å². The molecule has 2 atom stereocenters. The van der Waals surface area contributed by atoms with Gasteiger partial charge in [-0.3, -0.25) is 5.10 Å². The van der Waals surface area contributed by atoms with Gasteiger partial charge in [-0.25, -0.2) is 13.5 Å². The van der Waals surface area contributed by atoms with E-state index in [-0.39, 0.29) is 13.2 Å². The molecule has 0 aliphatic heterocycles. The van der Waals surface area contributed by atoms with Crippen molar-refractivity contribution >= 4 is 45.8 Å². The zero-order valence-corrected chi connectivity index (χ0v) is 21.2. The zero-order chi connectivity index (χ0) is 24.5. The minimum atomic E-state index is -0.770. The molecule has 0 saturated carbocycles. The lowest BCUT2D eigenvalue weighted by atomic mass is 10.1. The summed E-state index contributed by atoms with van der Waals surface area (Å²) in [5.74, 6) is -0.695. The Morgan fingerprint density at radius 3 is 1.94 bits per heavy atom. The lowest BCUT2D eigenvalue weighted by Crippen LogP contribution is -2.03. The molecule has 0 unspecified atom stereocenters. The van der Waals surface area contributed by atoms with Crippen molar-refractivity contribution in [3.8, 4) is 5.69 Å². The average molecular weight is 625 g/mol. The van der Waals surface area contributed by atoms with E-state index in [1.807, 2.05) is 0 Å². The van der Waals surface area contributed by atoms with Crippen LogP contribution in [0.4, 0.5) is 8.78 Å². The fourth-order valence-corrected chi connectivity index (χ4v) is 3.61. The molecule has 184 valence electrons. The predicted molar refractivity (Wildman–Crippen MR) is 139 cm³/mol. The Hall–Kier alpha value is -2.05. The third-order valence-corrected chi connectivity index (χ3v) is 5.51. The summed E-state index contributed by atoms with van der Waals surface area (Å²) in [4.78, 5) is 0. The van der Waals surface area contributed by atoms with Crippen molar-refractivity contribution in [1.82, 2.24) is 20.0 Å². The van der Waals surface area contributed by atoms with E-state index in [4.69, 9.17) is 28.3 Å². The molecule has 0 saturated heterocycles. The van der Waals surface area contributed by atoms with Crippen molar-refractivity contribution in [3.05, 3.63) is 97.6 Å². The quantitative estimate of drug-likeness (QED) is 0.216. The SMILES string of the molecule is C.C[C@@H](O)c1cc(F)ccc1-n1ccc(Cl)n1.C[C@@H](O)c1cc(F)ccc1I.Clc1ccn[nH]1. The molecule has 0 bridgehead atoms. The molecule has 0 aliphatic carbocycles. The van der Waals surface area contributed by atoms with Gasteiger partial charge >= 0.3 is 0 Å². The molecule has 0 aliphatic rings. The Morgan fingerprint density at radius 2 is 1.53 bits per heavy atom. The van der Waals surface area contributed by atoms with Gasteiger partial charge in [-0.2, -0.15) is 10.2 Å². The molecule has 2 aromatic heterocycles. The second kappa shape index (κ2) is 14.4. The Kier molecular flexibility index (Phi) is 12.7. The molecular weight excluding hydrogens is 600 g/mol. The third-order valence-electron chi connectivity index (χ3n) is 4.12. The number of halogens is 5. The van der Waals surface area contributed by atoms with Crippen LogP contribution in [-0.2, 0) is 0 Å². The van der Waals surface area contributed by atoms with Crippen molar-refractivity contribution in [1.29, 1.82) is 0 Å². The van der Waals surface area contributed by atoms with Crippen molar-refractivity contribution in [2.45, 2.75) is 33.5 Å². The molecule has 6 nitrogen and oxygen atoms in total. The van der Waals surface area contributed by atoms with E-state index in [9.17, 15) is 13.9 Å². The minimum absolute atomic E-state index is 0. The van der Waals surface area contributed by atoms with E-state index in [1.165, 1.54) is 28.9 Å². The highest BCUT2D eigenvalue weighted by molar-refractivity contribution is 14.1. The highest BCUT2D eigenvalue weighted by Crippen LogP contribution is 2.23. The molecule has 11 heteroatoms. The van der Waals surface area contributed by atoms with Gasteiger partial charge < -0.3 is 10.2 Å². The highest BCUT2D eigenvalue weighted by atomic mass is 127. The molecule has 3 N–H and O–H groups in total. The number of nitrogens with zero attached hydrogens (tertiary/aromatic N) is 3. The van der Waals surface area contributed by atoms with Crippen LogP contribution in [0.1, 0.15) is 44.6 Å². The van der Waals surface area contributed by atoms with Crippen LogP contribution in [0.15, 0.2) is 60.9 Å². The zero-order valence-electron chi connectivity index (χ0n) is 17.6. The minimum Gasteiger partial charge on any atom is -0.389 e. The van der Waals surface area contributed by atoms with Crippen LogP contribution < -0.4 is 0 Å². The topological polar surface area (TPSA) is 87.0 Å². The number of hydrogen-bond acceptors (Lipinski definition) is 4. The van der Waals surface area contributed by atoms with E-state index in [0.717, 1.165) is 3.57 Å². The number of rotatable bonds is 3. The summed E-state index contributed by atoms with van der Waals surface area (Å²) in [6.45, 7) is 3.19. The summed E-state index contributed by atoms with van der Waals surface area (Å²) >= 11 is 13.1.